The molecule has 1 rings (SSSR count). The van der Waals surface area contributed by atoms with Crippen molar-refractivity contribution >= 4 is 5.91 Å². The number of nitriles is 1. The fraction of sp³-hybridized carbons (Fsp3) is 0.385. The quantitative estimate of drug-likeness (QED) is 0.826. The number of nitrogens with zero attached hydrogens (tertiary/aromatic N) is 2. The van der Waals surface area contributed by atoms with Gasteiger partial charge in [-0.05, 0) is 31.8 Å². The van der Waals surface area contributed by atoms with Gasteiger partial charge < -0.3 is 10.2 Å². The van der Waals surface area contributed by atoms with Gasteiger partial charge in [0.1, 0.15) is 0 Å². The van der Waals surface area contributed by atoms with Crippen LogP contribution in [0, 0.1) is 11.3 Å². The van der Waals surface area contributed by atoms with E-state index in [1.165, 1.54) is 0 Å². The van der Waals surface area contributed by atoms with Crippen LogP contribution in [0.25, 0.3) is 0 Å². The van der Waals surface area contributed by atoms with E-state index in [1.54, 1.807) is 12.1 Å². The highest BCUT2D eigenvalue weighted by molar-refractivity contribution is 5.76. The number of rotatable bonds is 5. The first-order valence-corrected chi connectivity index (χ1v) is 5.52. The van der Waals surface area contributed by atoms with Crippen LogP contribution in [0.15, 0.2) is 24.3 Å². The summed E-state index contributed by atoms with van der Waals surface area (Å²) in [6, 6.07) is 9.27. The van der Waals surface area contributed by atoms with E-state index in [0.717, 1.165) is 12.1 Å². The summed E-state index contributed by atoms with van der Waals surface area (Å²) in [4.78, 5) is 13.4. The lowest BCUT2D eigenvalue weighted by Gasteiger charge is -2.09. The minimum Gasteiger partial charge on any atom is -0.352 e. The van der Waals surface area contributed by atoms with Gasteiger partial charge in [0.05, 0.1) is 11.6 Å². The van der Waals surface area contributed by atoms with Crippen molar-refractivity contribution in [2.75, 3.05) is 20.6 Å². The van der Waals surface area contributed by atoms with Crippen molar-refractivity contribution in [2.24, 2.45) is 0 Å². The standard InChI is InChI=1S/C13H17N3O/c1-16(2)8-7-13(17)15-10-12-5-3-11(9-14)4-6-12/h3-6H,7-8,10H2,1-2H3,(H,15,17). The number of amides is 1. The van der Waals surface area contributed by atoms with Crippen LogP contribution in [0.1, 0.15) is 17.5 Å². The molecule has 1 N–H and O–H groups in total. The molecule has 0 spiro atoms. The molecular formula is C13H17N3O. The van der Waals surface area contributed by atoms with E-state index in [9.17, 15) is 4.79 Å². The van der Waals surface area contributed by atoms with Crippen LogP contribution >= 0.6 is 0 Å². The molecule has 0 atom stereocenters. The predicted molar refractivity (Wildman–Crippen MR) is 66.2 cm³/mol. The van der Waals surface area contributed by atoms with Gasteiger partial charge in [0.2, 0.25) is 5.91 Å². The summed E-state index contributed by atoms with van der Waals surface area (Å²) in [5, 5.41) is 11.5. The van der Waals surface area contributed by atoms with Gasteiger partial charge in [0.15, 0.2) is 0 Å². The third-order valence-electron chi connectivity index (χ3n) is 2.36. The molecule has 17 heavy (non-hydrogen) atoms. The van der Waals surface area contributed by atoms with Crippen molar-refractivity contribution in [1.82, 2.24) is 10.2 Å². The van der Waals surface area contributed by atoms with Crippen LogP contribution in [-0.2, 0) is 11.3 Å². The zero-order valence-electron chi connectivity index (χ0n) is 10.2. The molecule has 0 bridgehead atoms. The maximum atomic E-state index is 11.5. The molecule has 0 aliphatic rings. The topological polar surface area (TPSA) is 56.1 Å². The maximum Gasteiger partial charge on any atom is 0.221 e. The number of nitrogens with one attached hydrogen (secondary N) is 1. The van der Waals surface area contributed by atoms with Gasteiger partial charge in [-0.1, -0.05) is 12.1 Å². The second-order valence-corrected chi connectivity index (χ2v) is 4.14. The van der Waals surface area contributed by atoms with Gasteiger partial charge in [-0.25, -0.2) is 0 Å². The van der Waals surface area contributed by atoms with Crippen LogP contribution < -0.4 is 5.32 Å². The molecular weight excluding hydrogens is 214 g/mol. The Morgan fingerprint density at radius 3 is 2.53 bits per heavy atom. The Kier molecular flexibility index (Phi) is 5.18. The number of hydrogen-bond acceptors (Lipinski definition) is 3. The molecule has 0 unspecified atom stereocenters. The SMILES string of the molecule is CN(C)CCC(=O)NCc1ccc(C#N)cc1. The summed E-state index contributed by atoms with van der Waals surface area (Å²) < 4.78 is 0. The first kappa shape index (κ1) is 13.2. The molecule has 1 aromatic carbocycles. The third-order valence-corrected chi connectivity index (χ3v) is 2.36. The minimum absolute atomic E-state index is 0.0445. The fourth-order valence-electron chi connectivity index (χ4n) is 1.31. The van der Waals surface area contributed by atoms with E-state index in [2.05, 4.69) is 11.4 Å². The molecule has 0 aliphatic carbocycles. The monoisotopic (exact) mass is 231 g/mol. The Balaban J connectivity index is 2.35. The molecule has 1 aromatic rings. The molecule has 0 aromatic heterocycles. The molecule has 90 valence electrons. The smallest absolute Gasteiger partial charge is 0.221 e. The molecule has 4 heteroatoms. The van der Waals surface area contributed by atoms with Crippen LogP contribution in [0.2, 0.25) is 0 Å². The second-order valence-electron chi connectivity index (χ2n) is 4.14. The Labute approximate surface area is 102 Å². The first-order valence-electron chi connectivity index (χ1n) is 5.52. The van der Waals surface area contributed by atoms with Crippen molar-refractivity contribution in [2.45, 2.75) is 13.0 Å². The van der Waals surface area contributed by atoms with Crippen LogP contribution in [0.4, 0.5) is 0 Å². The first-order chi connectivity index (χ1) is 8.11. The average molecular weight is 231 g/mol. The molecule has 1 amide bonds. The number of carbonyl (C=O) groups is 1. The van der Waals surface area contributed by atoms with Gasteiger partial charge in [0.25, 0.3) is 0 Å². The van der Waals surface area contributed by atoms with E-state index >= 15 is 0 Å². The van der Waals surface area contributed by atoms with Crippen molar-refractivity contribution < 1.29 is 4.79 Å². The van der Waals surface area contributed by atoms with Crippen molar-refractivity contribution in [3.63, 3.8) is 0 Å². The molecule has 4 nitrogen and oxygen atoms in total. The normalized spacial score (nSPS) is 10.0. The Bertz CT molecular complexity index is 404. The van der Waals surface area contributed by atoms with Crippen LogP contribution in [0.5, 0.6) is 0 Å². The van der Waals surface area contributed by atoms with E-state index < -0.39 is 0 Å². The molecule has 0 saturated carbocycles. The number of benzene rings is 1. The Hall–Kier alpha value is -1.86. The highest BCUT2D eigenvalue weighted by Gasteiger charge is 2.02. The zero-order valence-corrected chi connectivity index (χ0v) is 10.2. The molecule has 0 radical (unpaired) electrons. The molecule has 0 saturated heterocycles. The Morgan fingerprint density at radius 2 is 2.00 bits per heavy atom. The third kappa shape index (κ3) is 5.14. The molecule has 0 fully saturated rings. The van der Waals surface area contributed by atoms with Crippen LogP contribution in [0.3, 0.4) is 0 Å². The molecule has 0 aliphatic heterocycles. The van der Waals surface area contributed by atoms with Gasteiger partial charge in [0, 0.05) is 19.5 Å². The van der Waals surface area contributed by atoms with Gasteiger partial charge >= 0.3 is 0 Å². The second kappa shape index (κ2) is 6.66. The van der Waals surface area contributed by atoms with E-state index in [-0.39, 0.29) is 5.91 Å². The zero-order chi connectivity index (χ0) is 12.7. The summed E-state index contributed by atoms with van der Waals surface area (Å²) >= 11 is 0. The van der Waals surface area contributed by atoms with Gasteiger partial charge in [-0.3, -0.25) is 4.79 Å². The average Bonchev–Trinajstić information content (AvgIpc) is 2.34. The van der Waals surface area contributed by atoms with Gasteiger partial charge in [-0.2, -0.15) is 5.26 Å². The number of hydrogen-bond donors (Lipinski definition) is 1. The van der Waals surface area contributed by atoms with Crippen LogP contribution in [-0.4, -0.2) is 31.4 Å². The van der Waals surface area contributed by atoms with E-state index in [1.807, 2.05) is 31.1 Å². The van der Waals surface area contributed by atoms with Crippen molar-refractivity contribution in [3.8, 4) is 6.07 Å². The molecule has 0 heterocycles. The maximum absolute atomic E-state index is 11.5. The summed E-state index contributed by atoms with van der Waals surface area (Å²) in [6.45, 7) is 1.26. The lowest BCUT2D eigenvalue weighted by molar-refractivity contribution is -0.121. The van der Waals surface area contributed by atoms with Crippen molar-refractivity contribution in [1.29, 1.82) is 5.26 Å². The van der Waals surface area contributed by atoms with E-state index in [4.69, 9.17) is 5.26 Å². The highest BCUT2D eigenvalue weighted by Crippen LogP contribution is 2.02. The lowest BCUT2D eigenvalue weighted by Crippen LogP contribution is -2.26. The summed E-state index contributed by atoms with van der Waals surface area (Å²) in [7, 11) is 3.88. The van der Waals surface area contributed by atoms with Crippen molar-refractivity contribution in [3.05, 3.63) is 35.4 Å². The predicted octanol–water partition coefficient (Wildman–Crippen LogP) is 1.13. The largest absolute Gasteiger partial charge is 0.352 e. The fourth-order valence-corrected chi connectivity index (χ4v) is 1.31. The van der Waals surface area contributed by atoms with Gasteiger partial charge in [-0.15, -0.1) is 0 Å². The Morgan fingerprint density at radius 1 is 1.35 bits per heavy atom. The summed E-state index contributed by atoms with van der Waals surface area (Å²) in [6.07, 6.45) is 0.503. The van der Waals surface area contributed by atoms with E-state index in [0.29, 0.717) is 18.5 Å². The highest BCUT2D eigenvalue weighted by atomic mass is 16.1. The minimum atomic E-state index is 0.0445. The number of carbonyl (C=O) groups excluding carboxylic acids is 1. The summed E-state index contributed by atoms with van der Waals surface area (Å²) in [5.74, 6) is 0.0445. The lowest BCUT2D eigenvalue weighted by atomic mass is 10.1. The summed E-state index contributed by atoms with van der Waals surface area (Å²) in [5.41, 5.74) is 1.63.